The molecule has 0 aliphatic carbocycles. The second-order valence-electron chi connectivity index (χ2n) is 7.29. The summed E-state index contributed by atoms with van der Waals surface area (Å²) in [4.78, 5) is 51.2. The Kier molecular flexibility index (Phi) is 7.42. The van der Waals surface area contributed by atoms with E-state index >= 15 is 0 Å². The van der Waals surface area contributed by atoms with Gasteiger partial charge in [-0.3, -0.25) is 0 Å². The van der Waals surface area contributed by atoms with Crippen LogP contribution < -0.4 is 18.9 Å². The molecule has 2 aliphatic heterocycles. The summed E-state index contributed by atoms with van der Waals surface area (Å²) in [5, 5.41) is 0. The molecule has 2 aromatic carbocycles. The molecule has 0 spiro atoms. The van der Waals surface area contributed by atoms with E-state index in [4.69, 9.17) is 37.9 Å². The molecule has 4 rings (SSSR count). The Morgan fingerprint density at radius 3 is 1.44 bits per heavy atom. The molecule has 0 fully saturated rings. The van der Waals surface area contributed by atoms with E-state index in [2.05, 4.69) is 0 Å². The molecule has 12 heteroatoms. The van der Waals surface area contributed by atoms with Gasteiger partial charge in [0.25, 0.3) is 0 Å². The molecule has 0 radical (unpaired) electrons. The van der Waals surface area contributed by atoms with Gasteiger partial charge in [-0.1, -0.05) is 0 Å². The molecule has 2 heterocycles. The lowest BCUT2D eigenvalue weighted by Crippen LogP contribution is -2.47. The van der Waals surface area contributed by atoms with Gasteiger partial charge in [0, 0.05) is 0 Å². The third kappa shape index (κ3) is 5.27. The van der Waals surface area contributed by atoms with E-state index in [9.17, 15) is 19.2 Å². The molecule has 0 amide bonds. The first-order chi connectivity index (χ1) is 17.4. The minimum absolute atomic E-state index is 0.00162. The van der Waals surface area contributed by atoms with Crippen LogP contribution in [0.2, 0.25) is 0 Å². The summed E-state index contributed by atoms with van der Waals surface area (Å²) < 4.78 is 41.5. The Hall–Kier alpha value is -4.48. The second kappa shape index (κ2) is 10.8. The molecule has 2 atom stereocenters. The first kappa shape index (κ1) is 24.6. The van der Waals surface area contributed by atoms with Gasteiger partial charge in [-0.2, -0.15) is 0 Å². The van der Waals surface area contributed by atoms with E-state index in [1.165, 1.54) is 50.2 Å². The summed E-state index contributed by atoms with van der Waals surface area (Å²) in [5.41, 5.74) is -0.00323. The largest absolute Gasteiger partial charge is 0.463 e. The van der Waals surface area contributed by atoms with Gasteiger partial charge in [0.2, 0.25) is 25.8 Å². The van der Waals surface area contributed by atoms with Gasteiger partial charge >= 0.3 is 23.9 Å². The lowest BCUT2D eigenvalue weighted by molar-refractivity contribution is -0.173. The van der Waals surface area contributed by atoms with Crippen molar-refractivity contribution >= 4 is 23.9 Å². The molecule has 12 nitrogen and oxygen atoms in total. The number of hydrogen-bond acceptors (Lipinski definition) is 12. The van der Waals surface area contributed by atoms with Crippen molar-refractivity contribution in [1.29, 1.82) is 0 Å². The summed E-state index contributed by atoms with van der Waals surface area (Å²) >= 11 is 0. The highest BCUT2D eigenvalue weighted by Crippen LogP contribution is 2.34. The van der Waals surface area contributed by atoms with E-state index in [1.54, 1.807) is 0 Å². The summed E-state index contributed by atoms with van der Waals surface area (Å²) in [6, 6.07) is 8.45. The van der Waals surface area contributed by atoms with Gasteiger partial charge < -0.3 is 37.9 Å². The van der Waals surface area contributed by atoms with Crippen LogP contribution in [-0.2, 0) is 28.5 Å². The Morgan fingerprint density at radius 1 is 0.667 bits per heavy atom. The fourth-order valence-electron chi connectivity index (χ4n) is 3.33. The SMILES string of the molecule is CCOC(=O)[C@H](OC(=O)c1ccc2c(c1)OCO2)[C@@H](OC(=O)c1ccc2c(c1)OCO2)C(=O)OCC. The number of rotatable bonds is 9. The van der Waals surface area contributed by atoms with Crippen molar-refractivity contribution in [1.82, 2.24) is 0 Å². The zero-order chi connectivity index (χ0) is 25.7. The van der Waals surface area contributed by atoms with Crippen LogP contribution in [0.1, 0.15) is 34.6 Å². The van der Waals surface area contributed by atoms with Gasteiger partial charge in [-0.05, 0) is 50.2 Å². The van der Waals surface area contributed by atoms with Gasteiger partial charge in [-0.15, -0.1) is 0 Å². The van der Waals surface area contributed by atoms with Crippen molar-refractivity contribution < 1.29 is 57.1 Å². The maximum Gasteiger partial charge on any atom is 0.352 e. The molecule has 2 aromatic rings. The second-order valence-corrected chi connectivity index (χ2v) is 7.29. The number of hydrogen-bond donors (Lipinski definition) is 0. The van der Waals surface area contributed by atoms with Crippen molar-refractivity contribution in [2.45, 2.75) is 26.1 Å². The van der Waals surface area contributed by atoms with E-state index < -0.39 is 36.1 Å². The fourth-order valence-corrected chi connectivity index (χ4v) is 3.33. The summed E-state index contributed by atoms with van der Waals surface area (Å²) in [5.74, 6) is -2.77. The van der Waals surface area contributed by atoms with E-state index in [0.717, 1.165) is 0 Å². The van der Waals surface area contributed by atoms with Crippen molar-refractivity contribution in [3.05, 3.63) is 47.5 Å². The average molecular weight is 502 g/mol. The number of ether oxygens (including phenoxy) is 8. The lowest BCUT2D eigenvalue weighted by Gasteiger charge is -2.24. The molecule has 0 aromatic heterocycles. The van der Waals surface area contributed by atoms with E-state index in [1.807, 2.05) is 0 Å². The van der Waals surface area contributed by atoms with Crippen molar-refractivity contribution in [3.63, 3.8) is 0 Å². The molecular weight excluding hydrogens is 480 g/mol. The maximum atomic E-state index is 12.9. The molecule has 0 saturated carbocycles. The van der Waals surface area contributed by atoms with Gasteiger partial charge in [0.05, 0.1) is 24.3 Å². The van der Waals surface area contributed by atoms with Crippen LogP contribution in [0.5, 0.6) is 23.0 Å². The minimum atomic E-state index is -1.96. The normalized spacial score (nSPS) is 14.4. The first-order valence-corrected chi connectivity index (χ1v) is 11.0. The highest BCUT2D eigenvalue weighted by atomic mass is 16.7. The van der Waals surface area contributed by atoms with E-state index in [0.29, 0.717) is 23.0 Å². The molecule has 0 saturated heterocycles. The summed E-state index contributed by atoms with van der Waals surface area (Å²) in [6.45, 7) is 2.82. The highest BCUT2D eigenvalue weighted by Gasteiger charge is 2.43. The molecule has 0 N–H and O–H groups in total. The topological polar surface area (TPSA) is 142 Å². The van der Waals surface area contributed by atoms with Crippen LogP contribution in [-0.4, -0.2) is 62.9 Å². The van der Waals surface area contributed by atoms with Gasteiger partial charge in [0.15, 0.2) is 23.0 Å². The number of benzene rings is 2. The number of fused-ring (bicyclic) bond motifs is 2. The Morgan fingerprint density at radius 2 is 1.06 bits per heavy atom. The zero-order valence-electron chi connectivity index (χ0n) is 19.3. The standard InChI is InChI=1S/C24H22O12/c1-3-29-23(27)19(35-21(25)13-5-7-15-17(9-13)33-11-31-15)20(24(28)30-4-2)36-22(26)14-6-8-16-18(10-14)34-12-32-16/h5-10,19-20H,3-4,11-12H2,1-2H3/t19-,20-/m1/s1. The monoisotopic (exact) mass is 502 g/mol. The summed E-state index contributed by atoms with van der Waals surface area (Å²) in [6.07, 6.45) is -3.92. The molecular formula is C24H22O12. The number of esters is 4. The molecule has 0 unspecified atom stereocenters. The lowest BCUT2D eigenvalue weighted by atomic mass is 10.1. The number of carbonyl (C=O) groups excluding carboxylic acids is 4. The Balaban J connectivity index is 1.59. The van der Waals surface area contributed by atoms with Crippen LogP contribution in [0.15, 0.2) is 36.4 Å². The minimum Gasteiger partial charge on any atom is -0.463 e. The molecule has 2 aliphatic rings. The predicted octanol–water partition coefficient (Wildman–Crippen LogP) is 2.02. The first-order valence-electron chi connectivity index (χ1n) is 11.0. The third-order valence-corrected chi connectivity index (χ3v) is 5.00. The highest BCUT2D eigenvalue weighted by molar-refractivity contribution is 5.96. The Labute approximate surface area is 204 Å². The van der Waals surface area contributed by atoms with Gasteiger partial charge in [-0.25, -0.2) is 19.2 Å². The average Bonchev–Trinajstić information content (AvgIpc) is 3.54. The van der Waals surface area contributed by atoms with Crippen LogP contribution in [0.4, 0.5) is 0 Å². The molecule has 190 valence electrons. The summed E-state index contributed by atoms with van der Waals surface area (Å²) in [7, 11) is 0. The Bertz CT molecular complexity index is 1080. The smallest absolute Gasteiger partial charge is 0.352 e. The van der Waals surface area contributed by atoms with Crippen LogP contribution in [0.3, 0.4) is 0 Å². The predicted molar refractivity (Wildman–Crippen MR) is 117 cm³/mol. The van der Waals surface area contributed by atoms with Crippen LogP contribution in [0, 0.1) is 0 Å². The van der Waals surface area contributed by atoms with Crippen molar-refractivity contribution in [3.8, 4) is 23.0 Å². The zero-order valence-corrected chi connectivity index (χ0v) is 19.3. The fraction of sp³-hybridized carbons (Fsp3) is 0.333. The van der Waals surface area contributed by atoms with Crippen molar-refractivity contribution in [2.24, 2.45) is 0 Å². The van der Waals surface area contributed by atoms with E-state index in [-0.39, 0.29) is 37.9 Å². The van der Waals surface area contributed by atoms with Crippen LogP contribution in [0.25, 0.3) is 0 Å². The maximum absolute atomic E-state index is 12.9. The van der Waals surface area contributed by atoms with Gasteiger partial charge in [0.1, 0.15) is 0 Å². The third-order valence-electron chi connectivity index (χ3n) is 5.00. The molecule has 36 heavy (non-hydrogen) atoms. The van der Waals surface area contributed by atoms with Crippen LogP contribution >= 0.6 is 0 Å². The molecule has 0 bridgehead atoms. The quantitative estimate of drug-likeness (QED) is 0.366. The van der Waals surface area contributed by atoms with Crippen molar-refractivity contribution in [2.75, 3.05) is 26.8 Å². The number of carbonyl (C=O) groups is 4.